The Morgan fingerprint density at radius 1 is 1.43 bits per heavy atom. The van der Waals surface area contributed by atoms with E-state index in [1.54, 1.807) is 13.2 Å². The number of anilines is 2. The second kappa shape index (κ2) is 5.64. The third-order valence-electron chi connectivity index (χ3n) is 3.99. The summed E-state index contributed by atoms with van der Waals surface area (Å²) in [6, 6.07) is 10.3. The maximum absolute atomic E-state index is 11.6. The molecule has 1 aliphatic heterocycles. The molecular weight excluding hydrogens is 264 g/mol. The minimum atomic E-state index is 0.108. The van der Waals surface area contributed by atoms with Crippen molar-refractivity contribution < 1.29 is 9.21 Å². The number of hydrogen-bond donors (Lipinski definition) is 1. The molecule has 1 N–H and O–H groups in total. The SMILES string of the molecule is CCC(Nc1ccc2c(c1)CCN2C(C)=O)c1ccco1. The Bertz CT molecular complexity index is 634. The first-order valence-corrected chi connectivity index (χ1v) is 7.40. The fourth-order valence-electron chi connectivity index (χ4n) is 2.88. The molecule has 1 unspecified atom stereocenters. The lowest BCUT2D eigenvalue weighted by molar-refractivity contribution is -0.116. The molecule has 21 heavy (non-hydrogen) atoms. The topological polar surface area (TPSA) is 45.5 Å². The van der Waals surface area contributed by atoms with Crippen molar-refractivity contribution in [3.05, 3.63) is 47.9 Å². The molecule has 0 fully saturated rings. The predicted molar refractivity (Wildman–Crippen MR) is 83.5 cm³/mol. The van der Waals surface area contributed by atoms with Gasteiger partial charge < -0.3 is 14.6 Å². The summed E-state index contributed by atoms with van der Waals surface area (Å²) in [7, 11) is 0. The maximum atomic E-state index is 11.6. The summed E-state index contributed by atoms with van der Waals surface area (Å²) in [6.07, 6.45) is 3.57. The number of hydrogen-bond acceptors (Lipinski definition) is 3. The molecule has 0 bridgehead atoms. The van der Waals surface area contributed by atoms with Crippen molar-refractivity contribution in [2.45, 2.75) is 32.7 Å². The van der Waals surface area contributed by atoms with E-state index in [1.807, 2.05) is 29.2 Å². The summed E-state index contributed by atoms with van der Waals surface area (Å²) in [5.74, 6) is 1.06. The summed E-state index contributed by atoms with van der Waals surface area (Å²) in [5.41, 5.74) is 3.34. The number of furan rings is 1. The highest BCUT2D eigenvalue weighted by atomic mass is 16.3. The van der Waals surface area contributed by atoms with Crippen LogP contribution in [0.2, 0.25) is 0 Å². The lowest BCUT2D eigenvalue weighted by atomic mass is 10.1. The molecule has 4 heteroatoms. The van der Waals surface area contributed by atoms with Crippen molar-refractivity contribution in [3.63, 3.8) is 0 Å². The van der Waals surface area contributed by atoms with Gasteiger partial charge in [0, 0.05) is 24.8 Å². The zero-order valence-electron chi connectivity index (χ0n) is 12.4. The van der Waals surface area contributed by atoms with Crippen LogP contribution >= 0.6 is 0 Å². The molecule has 0 radical (unpaired) electrons. The lowest BCUT2D eigenvalue weighted by Gasteiger charge is -2.18. The van der Waals surface area contributed by atoms with Gasteiger partial charge in [0.25, 0.3) is 0 Å². The van der Waals surface area contributed by atoms with Crippen LogP contribution in [0.3, 0.4) is 0 Å². The summed E-state index contributed by atoms with van der Waals surface area (Å²) in [6.45, 7) is 4.53. The van der Waals surface area contributed by atoms with Gasteiger partial charge in [-0.25, -0.2) is 0 Å². The predicted octanol–water partition coefficient (Wildman–Crippen LogP) is 3.75. The first-order chi connectivity index (χ1) is 10.2. The van der Waals surface area contributed by atoms with E-state index >= 15 is 0 Å². The molecule has 4 nitrogen and oxygen atoms in total. The van der Waals surface area contributed by atoms with Crippen LogP contribution in [0.15, 0.2) is 41.0 Å². The monoisotopic (exact) mass is 284 g/mol. The van der Waals surface area contributed by atoms with Crippen LogP contribution in [0, 0.1) is 0 Å². The summed E-state index contributed by atoms with van der Waals surface area (Å²) >= 11 is 0. The van der Waals surface area contributed by atoms with Crippen LogP contribution in [-0.2, 0) is 11.2 Å². The first kappa shape index (κ1) is 13.7. The maximum Gasteiger partial charge on any atom is 0.223 e. The second-order valence-electron chi connectivity index (χ2n) is 5.38. The van der Waals surface area contributed by atoms with Crippen LogP contribution < -0.4 is 10.2 Å². The minimum Gasteiger partial charge on any atom is -0.467 e. The molecule has 0 saturated heterocycles. The second-order valence-corrected chi connectivity index (χ2v) is 5.38. The summed E-state index contributed by atoms with van der Waals surface area (Å²) < 4.78 is 5.48. The zero-order chi connectivity index (χ0) is 14.8. The van der Waals surface area contributed by atoms with Crippen molar-refractivity contribution in [2.75, 3.05) is 16.8 Å². The van der Waals surface area contributed by atoms with E-state index in [0.717, 1.165) is 36.5 Å². The van der Waals surface area contributed by atoms with Crippen LogP contribution in [0.1, 0.15) is 37.6 Å². The van der Waals surface area contributed by atoms with Crippen LogP contribution in [0.4, 0.5) is 11.4 Å². The Balaban J connectivity index is 1.80. The molecule has 1 aromatic carbocycles. The molecule has 1 aliphatic rings. The van der Waals surface area contributed by atoms with Gasteiger partial charge in [0.15, 0.2) is 0 Å². The molecule has 1 atom stereocenters. The highest BCUT2D eigenvalue weighted by Gasteiger charge is 2.22. The molecule has 1 aromatic heterocycles. The van der Waals surface area contributed by atoms with Gasteiger partial charge in [-0.05, 0) is 48.7 Å². The number of rotatable bonds is 4. The van der Waals surface area contributed by atoms with E-state index in [2.05, 4.69) is 18.3 Å². The Kier molecular flexibility index (Phi) is 3.69. The summed E-state index contributed by atoms with van der Waals surface area (Å²) in [5, 5.41) is 3.51. The highest BCUT2D eigenvalue weighted by molar-refractivity contribution is 5.94. The number of nitrogens with one attached hydrogen (secondary N) is 1. The van der Waals surface area contributed by atoms with Crippen molar-refractivity contribution in [1.82, 2.24) is 0 Å². The van der Waals surface area contributed by atoms with Crippen LogP contribution in [0.5, 0.6) is 0 Å². The Morgan fingerprint density at radius 3 is 2.95 bits per heavy atom. The van der Waals surface area contributed by atoms with Crippen molar-refractivity contribution in [3.8, 4) is 0 Å². The molecule has 3 rings (SSSR count). The van der Waals surface area contributed by atoms with E-state index in [-0.39, 0.29) is 11.9 Å². The summed E-state index contributed by atoms with van der Waals surface area (Å²) in [4.78, 5) is 13.4. The highest BCUT2D eigenvalue weighted by Crippen LogP contribution is 2.32. The van der Waals surface area contributed by atoms with Gasteiger partial charge in [0.1, 0.15) is 5.76 Å². The molecular formula is C17H20N2O2. The van der Waals surface area contributed by atoms with Gasteiger partial charge in [-0.3, -0.25) is 4.79 Å². The Labute approximate surface area is 124 Å². The third kappa shape index (κ3) is 2.66. The van der Waals surface area contributed by atoms with Crippen molar-refractivity contribution >= 4 is 17.3 Å². The van der Waals surface area contributed by atoms with E-state index in [0.29, 0.717) is 0 Å². The Hall–Kier alpha value is -2.23. The number of benzene rings is 1. The van der Waals surface area contributed by atoms with E-state index in [9.17, 15) is 4.79 Å². The molecule has 0 aliphatic carbocycles. The van der Waals surface area contributed by atoms with Gasteiger partial charge in [0.05, 0.1) is 12.3 Å². The van der Waals surface area contributed by atoms with Gasteiger partial charge in [0.2, 0.25) is 5.91 Å². The molecule has 0 saturated carbocycles. The molecule has 2 aromatic rings. The number of carbonyl (C=O) groups excluding carboxylic acids is 1. The normalized spacial score (nSPS) is 14.9. The number of fused-ring (bicyclic) bond motifs is 1. The molecule has 1 amide bonds. The third-order valence-corrected chi connectivity index (χ3v) is 3.99. The molecule has 110 valence electrons. The average molecular weight is 284 g/mol. The van der Waals surface area contributed by atoms with Crippen molar-refractivity contribution in [1.29, 1.82) is 0 Å². The molecule has 0 spiro atoms. The number of amides is 1. The smallest absolute Gasteiger partial charge is 0.223 e. The lowest BCUT2D eigenvalue weighted by Crippen LogP contribution is -2.25. The molecule has 2 heterocycles. The van der Waals surface area contributed by atoms with E-state index < -0.39 is 0 Å². The number of nitrogens with zero attached hydrogens (tertiary/aromatic N) is 1. The van der Waals surface area contributed by atoms with Gasteiger partial charge in [-0.1, -0.05) is 6.92 Å². The van der Waals surface area contributed by atoms with Gasteiger partial charge >= 0.3 is 0 Å². The van der Waals surface area contributed by atoms with Gasteiger partial charge in [-0.15, -0.1) is 0 Å². The van der Waals surface area contributed by atoms with Crippen LogP contribution in [-0.4, -0.2) is 12.5 Å². The minimum absolute atomic E-state index is 0.108. The van der Waals surface area contributed by atoms with Crippen molar-refractivity contribution in [2.24, 2.45) is 0 Å². The fourth-order valence-corrected chi connectivity index (χ4v) is 2.88. The van der Waals surface area contributed by atoms with Gasteiger partial charge in [-0.2, -0.15) is 0 Å². The van der Waals surface area contributed by atoms with E-state index in [1.165, 1.54) is 5.56 Å². The zero-order valence-corrected chi connectivity index (χ0v) is 12.4. The average Bonchev–Trinajstić information content (AvgIpc) is 3.13. The van der Waals surface area contributed by atoms with Crippen LogP contribution in [0.25, 0.3) is 0 Å². The first-order valence-electron chi connectivity index (χ1n) is 7.40. The Morgan fingerprint density at radius 2 is 2.29 bits per heavy atom. The van der Waals surface area contributed by atoms with E-state index in [4.69, 9.17) is 4.42 Å². The fraction of sp³-hybridized carbons (Fsp3) is 0.353. The quantitative estimate of drug-likeness (QED) is 0.930. The number of carbonyl (C=O) groups is 1. The largest absolute Gasteiger partial charge is 0.467 e. The standard InChI is InChI=1S/C17H20N2O2/c1-3-15(17-5-4-10-21-17)18-14-6-7-16-13(11-14)8-9-19(16)12(2)20/h4-7,10-11,15,18H,3,8-9H2,1-2H3.